The van der Waals surface area contributed by atoms with Gasteiger partial charge in [0.2, 0.25) is 16.9 Å². The summed E-state index contributed by atoms with van der Waals surface area (Å²) in [6.07, 6.45) is 0.141. The molecule has 5 rings (SSSR count). The molecular formula is C26H25N5O4S. The summed E-state index contributed by atoms with van der Waals surface area (Å²) in [4.78, 5) is 32.2. The van der Waals surface area contributed by atoms with E-state index in [1.165, 1.54) is 11.3 Å². The van der Waals surface area contributed by atoms with Crippen molar-refractivity contribution in [1.29, 1.82) is 0 Å². The topological polar surface area (TPSA) is 98.6 Å². The Morgan fingerprint density at radius 2 is 1.86 bits per heavy atom. The molecule has 2 amide bonds. The van der Waals surface area contributed by atoms with Crippen molar-refractivity contribution in [2.75, 3.05) is 31.0 Å². The number of thiazole rings is 1. The van der Waals surface area contributed by atoms with Crippen LogP contribution in [0, 0.1) is 12.8 Å². The zero-order valence-corrected chi connectivity index (χ0v) is 20.9. The van der Waals surface area contributed by atoms with Crippen molar-refractivity contribution >= 4 is 34.7 Å². The van der Waals surface area contributed by atoms with Gasteiger partial charge in [0.25, 0.3) is 0 Å². The van der Waals surface area contributed by atoms with Gasteiger partial charge in [0.15, 0.2) is 0 Å². The number of ether oxygens (including phenoxy) is 2. The quantitative estimate of drug-likeness (QED) is 0.404. The molecule has 10 heteroatoms. The molecule has 1 saturated heterocycles. The molecule has 1 unspecified atom stereocenters. The van der Waals surface area contributed by atoms with Gasteiger partial charge >= 0.3 is 0 Å². The second-order valence-electron chi connectivity index (χ2n) is 8.42. The summed E-state index contributed by atoms with van der Waals surface area (Å²) in [6, 6.07) is 16.7. The molecule has 3 heterocycles. The van der Waals surface area contributed by atoms with Gasteiger partial charge in [0.05, 0.1) is 31.5 Å². The standard InChI is InChI=1S/C26H25N5O4S/c1-16-11-23(31(29-16)26-27-22(15-36-26)17-5-4-6-21(12-17)35-3)28-25(33)18-13-24(32)30(14-18)19-7-9-20(34-2)10-8-19/h4-12,15,18H,13-14H2,1-3H3,(H,28,33). The highest BCUT2D eigenvalue weighted by Gasteiger charge is 2.35. The molecular weight excluding hydrogens is 478 g/mol. The third-order valence-electron chi connectivity index (χ3n) is 6.00. The Hall–Kier alpha value is -4.18. The number of carbonyl (C=O) groups is 2. The van der Waals surface area contributed by atoms with Crippen molar-refractivity contribution in [1.82, 2.24) is 14.8 Å². The second-order valence-corrected chi connectivity index (χ2v) is 9.26. The van der Waals surface area contributed by atoms with Crippen LogP contribution in [0.3, 0.4) is 0 Å². The zero-order valence-electron chi connectivity index (χ0n) is 20.1. The Balaban J connectivity index is 1.32. The third-order valence-corrected chi connectivity index (χ3v) is 6.82. The van der Waals surface area contributed by atoms with E-state index in [1.54, 1.807) is 42.0 Å². The van der Waals surface area contributed by atoms with Crippen molar-refractivity contribution < 1.29 is 19.1 Å². The van der Waals surface area contributed by atoms with Gasteiger partial charge in [0, 0.05) is 35.7 Å². The zero-order chi connectivity index (χ0) is 25.2. The van der Waals surface area contributed by atoms with Crippen LogP contribution in [0.25, 0.3) is 16.4 Å². The molecule has 1 atom stereocenters. The number of anilines is 2. The lowest BCUT2D eigenvalue weighted by molar-refractivity contribution is -0.122. The third kappa shape index (κ3) is 4.67. The van der Waals surface area contributed by atoms with E-state index < -0.39 is 5.92 Å². The maximum Gasteiger partial charge on any atom is 0.230 e. The van der Waals surface area contributed by atoms with E-state index in [9.17, 15) is 9.59 Å². The molecule has 0 spiro atoms. The fraction of sp³-hybridized carbons (Fsp3) is 0.231. The van der Waals surface area contributed by atoms with E-state index in [4.69, 9.17) is 14.5 Å². The summed E-state index contributed by atoms with van der Waals surface area (Å²) >= 11 is 1.42. The molecule has 0 aliphatic carbocycles. The Labute approximate surface area is 212 Å². The number of methoxy groups -OCH3 is 2. The summed E-state index contributed by atoms with van der Waals surface area (Å²) in [6.45, 7) is 2.16. The molecule has 0 radical (unpaired) electrons. The highest BCUT2D eigenvalue weighted by Crippen LogP contribution is 2.30. The number of nitrogens with zero attached hydrogens (tertiary/aromatic N) is 4. The van der Waals surface area contributed by atoms with Crippen LogP contribution in [0.4, 0.5) is 11.5 Å². The highest BCUT2D eigenvalue weighted by molar-refractivity contribution is 7.12. The minimum Gasteiger partial charge on any atom is -0.497 e. The number of hydrogen-bond donors (Lipinski definition) is 1. The van der Waals surface area contributed by atoms with E-state index >= 15 is 0 Å². The van der Waals surface area contributed by atoms with Gasteiger partial charge in [0.1, 0.15) is 17.3 Å². The number of carbonyl (C=O) groups excluding carboxylic acids is 2. The van der Waals surface area contributed by atoms with Crippen molar-refractivity contribution in [3.63, 3.8) is 0 Å². The molecule has 2 aromatic carbocycles. The fourth-order valence-electron chi connectivity index (χ4n) is 4.13. The predicted octanol–water partition coefficient (Wildman–Crippen LogP) is 4.31. The first kappa shape index (κ1) is 23.6. The Morgan fingerprint density at radius 3 is 2.61 bits per heavy atom. The first-order chi connectivity index (χ1) is 17.4. The first-order valence-corrected chi connectivity index (χ1v) is 12.3. The molecule has 0 bridgehead atoms. The van der Waals surface area contributed by atoms with Crippen molar-refractivity contribution in [2.45, 2.75) is 13.3 Å². The predicted molar refractivity (Wildman–Crippen MR) is 138 cm³/mol. The van der Waals surface area contributed by atoms with Crippen LogP contribution in [0.5, 0.6) is 11.5 Å². The molecule has 1 fully saturated rings. The number of aryl methyl sites for hydroxylation is 1. The van der Waals surface area contributed by atoms with Crippen LogP contribution < -0.4 is 19.7 Å². The SMILES string of the molecule is COc1ccc(N2CC(C(=O)Nc3cc(C)nn3-c3nc(-c4cccc(OC)c4)cs3)CC2=O)cc1. The van der Waals surface area contributed by atoms with Crippen molar-refractivity contribution in [3.05, 3.63) is 65.7 Å². The lowest BCUT2D eigenvalue weighted by Crippen LogP contribution is -2.28. The van der Waals surface area contributed by atoms with Gasteiger partial charge in [-0.1, -0.05) is 12.1 Å². The summed E-state index contributed by atoms with van der Waals surface area (Å²) in [7, 11) is 3.22. The van der Waals surface area contributed by atoms with E-state index in [2.05, 4.69) is 10.4 Å². The first-order valence-electron chi connectivity index (χ1n) is 11.4. The Bertz CT molecular complexity index is 1410. The molecule has 1 N–H and O–H groups in total. The number of nitrogens with one attached hydrogen (secondary N) is 1. The number of aromatic nitrogens is 3. The monoisotopic (exact) mass is 503 g/mol. The normalized spacial score (nSPS) is 15.2. The fourth-order valence-corrected chi connectivity index (χ4v) is 4.93. The minimum absolute atomic E-state index is 0.0899. The molecule has 0 saturated carbocycles. The van der Waals surface area contributed by atoms with E-state index in [-0.39, 0.29) is 18.2 Å². The van der Waals surface area contributed by atoms with E-state index in [0.29, 0.717) is 23.2 Å². The second kappa shape index (κ2) is 9.82. The van der Waals surface area contributed by atoms with Gasteiger partial charge in [-0.25, -0.2) is 4.98 Å². The average Bonchev–Trinajstić information content (AvgIpc) is 3.62. The van der Waals surface area contributed by atoms with Crippen LogP contribution in [-0.4, -0.2) is 47.3 Å². The van der Waals surface area contributed by atoms with Crippen LogP contribution in [0.15, 0.2) is 60.0 Å². The molecule has 9 nitrogen and oxygen atoms in total. The van der Waals surface area contributed by atoms with Gasteiger partial charge in [-0.3, -0.25) is 9.59 Å². The Morgan fingerprint density at radius 1 is 1.08 bits per heavy atom. The number of benzene rings is 2. The maximum atomic E-state index is 13.1. The number of amides is 2. The van der Waals surface area contributed by atoms with Gasteiger partial charge in [-0.2, -0.15) is 9.78 Å². The summed E-state index contributed by atoms with van der Waals surface area (Å²) < 4.78 is 12.1. The summed E-state index contributed by atoms with van der Waals surface area (Å²) in [5, 5.41) is 10.1. The van der Waals surface area contributed by atoms with Crippen molar-refractivity contribution in [2.24, 2.45) is 5.92 Å². The lowest BCUT2D eigenvalue weighted by Gasteiger charge is -2.17. The Kier molecular flexibility index (Phi) is 6.43. The number of hydrogen-bond acceptors (Lipinski definition) is 7. The summed E-state index contributed by atoms with van der Waals surface area (Å²) in [5.41, 5.74) is 3.20. The highest BCUT2D eigenvalue weighted by atomic mass is 32.1. The van der Waals surface area contributed by atoms with E-state index in [0.717, 1.165) is 28.4 Å². The van der Waals surface area contributed by atoms with Gasteiger partial charge < -0.3 is 19.7 Å². The smallest absolute Gasteiger partial charge is 0.230 e. The average molecular weight is 504 g/mol. The molecule has 36 heavy (non-hydrogen) atoms. The minimum atomic E-state index is -0.480. The van der Waals surface area contributed by atoms with Crippen LogP contribution in [-0.2, 0) is 9.59 Å². The molecule has 1 aliphatic heterocycles. The molecule has 1 aliphatic rings. The van der Waals surface area contributed by atoms with E-state index in [1.807, 2.05) is 48.7 Å². The van der Waals surface area contributed by atoms with Crippen LogP contribution in [0.2, 0.25) is 0 Å². The molecule has 2 aromatic heterocycles. The van der Waals surface area contributed by atoms with Gasteiger partial charge in [-0.15, -0.1) is 11.3 Å². The van der Waals surface area contributed by atoms with Crippen molar-refractivity contribution in [3.8, 4) is 27.9 Å². The largest absolute Gasteiger partial charge is 0.497 e. The maximum absolute atomic E-state index is 13.1. The number of rotatable bonds is 7. The van der Waals surface area contributed by atoms with Crippen LogP contribution in [0.1, 0.15) is 12.1 Å². The lowest BCUT2D eigenvalue weighted by atomic mass is 10.1. The molecule has 4 aromatic rings. The molecule has 184 valence electrons. The van der Waals surface area contributed by atoms with Gasteiger partial charge in [-0.05, 0) is 43.3 Å². The summed E-state index contributed by atoms with van der Waals surface area (Å²) in [5.74, 6) is 1.17. The van der Waals surface area contributed by atoms with Crippen LogP contribution >= 0.6 is 11.3 Å².